The van der Waals surface area contributed by atoms with Gasteiger partial charge in [-0.25, -0.2) is 4.79 Å². The molecule has 0 bridgehead atoms. The molecule has 3 N–H and O–H groups in total. The fraction of sp³-hybridized carbons (Fsp3) is 0.467. The van der Waals surface area contributed by atoms with Crippen molar-refractivity contribution < 1.29 is 29.4 Å². The van der Waals surface area contributed by atoms with E-state index in [1.807, 2.05) is 0 Å². The third-order valence-corrected chi connectivity index (χ3v) is 6.63. The van der Waals surface area contributed by atoms with Gasteiger partial charge in [0.25, 0.3) is 0 Å². The van der Waals surface area contributed by atoms with Gasteiger partial charge in [0, 0.05) is 4.75 Å². The topological polar surface area (TPSA) is 124 Å². The lowest BCUT2D eigenvalue weighted by Gasteiger charge is -2.43. The van der Waals surface area contributed by atoms with Crippen LogP contribution in [0.4, 0.5) is 0 Å². The van der Waals surface area contributed by atoms with E-state index in [1.54, 1.807) is 30.7 Å². The Morgan fingerprint density at radius 2 is 2.00 bits per heavy atom. The zero-order valence-corrected chi connectivity index (χ0v) is 15.0. The van der Waals surface area contributed by atoms with Gasteiger partial charge in [-0.2, -0.15) is 11.3 Å². The van der Waals surface area contributed by atoms with Gasteiger partial charge in [0.05, 0.1) is 0 Å². The zero-order valence-electron chi connectivity index (χ0n) is 13.3. The number of thiophene rings is 1. The summed E-state index contributed by atoms with van der Waals surface area (Å²) >= 11 is 2.56. The first-order chi connectivity index (χ1) is 11.6. The van der Waals surface area contributed by atoms with Crippen molar-refractivity contribution in [1.82, 2.24) is 10.2 Å². The Morgan fingerprint density at radius 3 is 2.52 bits per heavy atom. The molecule has 2 aliphatic heterocycles. The summed E-state index contributed by atoms with van der Waals surface area (Å²) in [6.07, 6.45) is 0. The number of hydrogen-bond acceptors (Lipinski definition) is 6. The van der Waals surface area contributed by atoms with Crippen LogP contribution in [0, 0.1) is 0 Å². The van der Waals surface area contributed by atoms with Gasteiger partial charge in [-0.15, -0.1) is 11.8 Å². The number of β-lactam (4-membered cyclic amide) rings is 1. The number of rotatable bonds is 5. The highest BCUT2D eigenvalue weighted by atomic mass is 32.2. The average molecular weight is 384 g/mol. The number of carbonyl (C=O) groups excluding carboxylic acids is 2. The van der Waals surface area contributed by atoms with Crippen molar-refractivity contribution in [3.63, 3.8) is 0 Å². The summed E-state index contributed by atoms with van der Waals surface area (Å²) in [4.78, 5) is 48.9. The number of amides is 2. The fourth-order valence-electron chi connectivity index (χ4n) is 3.23. The lowest BCUT2D eigenvalue weighted by Crippen LogP contribution is -2.71. The highest BCUT2D eigenvalue weighted by molar-refractivity contribution is 8.01. The first kappa shape index (κ1) is 17.7. The molecule has 1 aromatic heterocycles. The highest BCUT2D eigenvalue weighted by Crippen LogP contribution is 2.50. The third-order valence-electron chi connectivity index (χ3n) is 4.36. The van der Waals surface area contributed by atoms with Crippen LogP contribution in [0.3, 0.4) is 0 Å². The van der Waals surface area contributed by atoms with E-state index >= 15 is 0 Å². The van der Waals surface area contributed by atoms with Crippen LogP contribution in [-0.2, 0) is 19.2 Å². The molecule has 0 aliphatic carbocycles. The van der Waals surface area contributed by atoms with Gasteiger partial charge >= 0.3 is 11.9 Å². The maximum absolute atomic E-state index is 12.4. The number of hydrogen-bond donors (Lipinski definition) is 3. The Kier molecular flexibility index (Phi) is 4.28. The summed E-state index contributed by atoms with van der Waals surface area (Å²) in [5, 5.41) is 23.9. The minimum atomic E-state index is -1.40. The molecule has 10 heteroatoms. The molecule has 3 heterocycles. The Bertz CT molecular complexity index is 747. The summed E-state index contributed by atoms with van der Waals surface area (Å²) in [7, 11) is 0. The van der Waals surface area contributed by atoms with Crippen LogP contribution in [0.25, 0.3) is 0 Å². The smallest absolute Gasteiger partial charge is 0.327 e. The molecule has 134 valence electrons. The molecule has 0 aromatic carbocycles. The van der Waals surface area contributed by atoms with Gasteiger partial charge in [0.1, 0.15) is 17.5 Å². The first-order valence-electron chi connectivity index (χ1n) is 7.43. The van der Waals surface area contributed by atoms with Crippen molar-refractivity contribution in [2.75, 3.05) is 0 Å². The van der Waals surface area contributed by atoms with Crippen LogP contribution in [0.1, 0.15) is 25.3 Å². The second-order valence-corrected chi connectivity index (χ2v) is 8.96. The third kappa shape index (κ3) is 2.78. The number of thioether (sulfide) groups is 1. The number of nitrogens with zero attached hydrogens (tertiary/aromatic N) is 1. The fourth-order valence-corrected chi connectivity index (χ4v) is 5.54. The van der Waals surface area contributed by atoms with E-state index < -0.39 is 51.9 Å². The molecule has 3 rings (SSSR count). The predicted molar refractivity (Wildman–Crippen MR) is 90.4 cm³/mol. The van der Waals surface area contributed by atoms with Crippen molar-refractivity contribution in [3.8, 4) is 0 Å². The average Bonchev–Trinajstić information content (AvgIpc) is 3.09. The van der Waals surface area contributed by atoms with E-state index in [1.165, 1.54) is 28.0 Å². The summed E-state index contributed by atoms with van der Waals surface area (Å²) in [5.41, 5.74) is 0.349. The van der Waals surface area contributed by atoms with Gasteiger partial charge in [0.15, 0.2) is 5.92 Å². The summed E-state index contributed by atoms with van der Waals surface area (Å²) in [6, 6.07) is -0.344. The molecule has 0 spiro atoms. The van der Waals surface area contributed by atoms with Crippen molar-refractivity contribution in [2.24, 2.45) is 0 Å². The van der Waals surface area contributed by atoms with Crippen molar-refractivity contribution in [2.45, 2.75) is 42.0 Å². The van der Waals surface area contributed by atoms with Crippen molar-refractivity contribution >= 4 is 46.9 Å². The van der Waals surface area contributed by atoms with Crippen molar-refractivity contribution in [3.05, 3.63) is 22.4 Å². The van der Waals surface area contributed by atoms with Crippen LogP contribution in [0.2, 0.25) is 0 Å². The maximum Gasteiger partial charge on any atom is 0.327 e. The lowest BCUT2D eigenvalue weighted by atomic mass is 9.95. The number of carboxylic acid groups (broad SMARTS) is 2. The minimum absolute atomic E-state index is 0.349. The van der Waals surface area contributed by atoms with E-state index in [2.05, 4.69) is 5.32 Å². The maximum atomic E-state index is 12.4. The molecular formula is C15H16N2O6S2. The standard InChI is InChI=1S/C15H16N2O6S2/c1-15(2)9(14(22)23)17-11(19)8(12(17)25-15)16-10(18)7(13(20)21)6-3-4-24-5-6/h3-5,7-9,12H,1-2H3,(H,16,18)(H,20,21)(H,22,23). The quantitative estimate of drug-likeness (QED) is 0.500. The highest BCUT2D eigenvalue weighted by Gasteiger charge is 2.64. The number of fused-ring (bicyclic) bond motifs is 1. The molecule has 25 heavy (non-hydrogen) atoms. The summed E-state index contributed by atoms with van der Waals surface area (Å²) < 4.78 is -0.703. The van der Waals surface area contributed by atoms with E-state index in [0.29, 0.717) is 5.56 Å². The molecule has 4 atom stereocenters. The van der Waals surface area contributed by atoms with Gasteiger partial charge in [-0.05, 0) is 36.2 Å². The molecule has 2 amide bonds. The molecule has 1 aromatic rings. The Morgan fingerprint density at radius 1 is 1.32 bits per heavy atom. The largest absolute Gasteiger partial charge is 0.480 e. The Hall–Kier alpha value is -2.07. The lowest BCUT2D eigenvalue weighted by molar-refractivity contribution is -0.161. The number of carboxylic acids is 2. The number of carbonyl (C=O) groups is 4. The summed E-state index contributed by atoms with van der Waals surface area (Å²) in [5.74, 6) is -5.08. The molecule has 0 saturated carbocycles. The van der Waals surface area contributed by atoms with Crippen LogP contribution in [0.5, 0.6) is 0 Å². The summed E-state index contributed by atoms with van der Waals surface area (Å²) in [6.45, 7) is 3.46. The van der Waals surface area contributed by atoms with Crippen LogP contribution in [0.15, 0.2) is 16.8 Å². The molecule has 2 aliphatic rings. The SMILES string of the molecule is CC1(C)SC2C(NC(=O)C(C(=O)O)c3ccsc3)C(=O)N2C1C(=O)O. The van der Waals surface area contributed by atoms with Gasteiger partial charge < -0.3 is 20.4 Å². The second kappa shape index (κ2) is 6.03. The van der Waals surface area contributed by atoms with Crippen LogP contribution >= 0.6 is 23.1 Å². The van der Waals surface area contributed by atoms with E-state index in [-0.39, 0.29) is 0 Å². The Balaban J connectivity index is 1.77. The predicted octanol–water partition coefficient (Wildman–Crippen LogP) is 0.548. The molecule has 8 nitrogen and oxygen atoms in total. The van der Waals surface area contributed by atoms with Gasteiger partial charge in [0.2, 0.25) is 11.8 Å². The number of aliphatic carboxylic acids is 2. The Labute approximate surface area is 151 Å². The van der Waals surface area contributed by atoms with Crippen LogP contribution in [-0.4, -0.2) is 61.1 Å². The zero-order chi connectivity index (χ0) is 18.5. The van der Waals surface area contributed by atoms with E-state index in [4.69, 9.17) is 0 Å². The van der Waals surface area contributed by atoms with Crippen LogP contribution < -0.4 is 5.32 Å². The van der Waals surface area contributed by atoms with Gasteiger partial charge in [-0.3, -0.25) is 14.4 Å². The molecule has 2 fully saturated rings. The van der Waals surface area contributed by atoms with E-state index in [0.717, 1.165) is 0 Å². The van der Waals surface area contributed by atoms with Gasteiger partial charge in [-0.1, -0.05) is 0 Å². The molecule has 4 unspecified atom stereocenters. The first-order valence-corrected chi connectivity index (χ1v) is 9.25. The normalized spacial score (nSPS) is 28.0. The molecule has 2 saturated heterocycles. The molecule has 0 radical (unpaired) electrons. The minimum Gasteiger partial charge on any atom is -0.480 e. The number of nitrogens with one attached hydrogen (secondary N) is 1. The molecular weight excluding hydrogens is 368 g/mol. The monoisotopic (exact) mass is 384 g/mol. The van der Waals surface area contributed by atoms with Crippen molar-refractivity contribution in [1.29, 1.82) is 0 Å². The second-order valence-electron chi connectivity index (χ2n) is 6.41. The van der Waals surface area contributed by atoms with E-state index in [9.17, 15) is 29.4 Å².